The molecular weight excluding hydrogens is 1300 g/mol. The van der Waals surface area contributed by atoms with E-state index in [0.29, 0.717) is 40.8 Å². The Morgan fingerprint density at radius 2 is 1.28 bits per heavy atom. The molecule has 98 heavy (non-hydrogen) atoms. The summed E-state index contributed by atoms with van der Waals surface area (Å²) in [5, 5.41) is 51.2. The van der Waals surface area contributed by atoms with Crippen LogP contribution in [0.2, 0.25) is 0 Å². The number of sulfonamides is 1. The number of nitrogens with two attached hydrogens (primary N) is 2. The number of hydrogen-bond acceptors (Lipinski definition) is 20. The van der Waals surface area contributed by atoms with Gasteiger partial charge in [-0.25, -0.2) is 22.7 Å². The Kier molecular flexibility index (Phi) is 31.8. The molecule has 0 aliphatic carbocycles. The van der Waals surface area contributed by atoms with Gasteiger partial charge >= 0.3 is 12.1 Å². The third kappa shape index (κ3) is 26.6. The number of esters is 1. The molecule has 0 saturated heterocycles. The summed E-state index contributed by atoms with van der Waals surface area (Å²) in [6, 6.07) is -3.28. The topological polar surface area (TPSA) is 475 Å². The van der Waals surface area contributed by atoms with Gasteiger partial charge in [-0.3, -0.25) is 43.3 Å². The number of hydrogen-bond donors (Lipinski definition) is 14. The molecule has 0 spiro atoms. The second-order valence-electron chi connectivity index (χ2n) is 27.8. The van der Waals surface area contributed by atoms with Gasteiger partial charge in [-0.2, -0.15) is 0 Å². The first-order chi connectivity index (χ1) is 45.3. The molecule has 16 N–H and O–H groups in total. The third-order valence-corrected chi connectivity index (χ3v) is 17.4. The highest BCUT2D eigenvalue weighted by molar-refractivity contribution is 7.90. The fourth-order valence-electron chi connectivity index (χ4n) is 10.1. The number of aliphatic hydroxyl groups is 3. The zero-order valence-corrected chi connectivity index (χ0v) is 60.3. The van der Waals surface area contributed by atoms with Gasteiger partial charge in [0.05, 0.1) is 36.4 Å². The summed E-state index contributed by atoms with van der Waals surface area (Å²) in [5.74, 6) is -11.5. The average Bonchev–Trinajstić information content (AvgIpc) is 0.749. The number of aliphatic hydroxyl groups excluding tert-OH is 3. The van der Waals surface area contributed by atoms with Crippen molar-refractivity contribution in [2.45, 2.75) is 239 Å². The van der Waals surface area contributed by atoms with Crippen LogP contribution in [0.5, 0.6) is 5.75 Å². The Morgan fingerprint density at radius 3 is 1.84 bits per heavy atom. The molecule has 0 unspecified atom stereocenters. The van der Waals surface area contributed by atoms with Crippen molar-refractivity contribution in [2.24, 2.45) is 34.2 Å². The van der Waals surface area contributed by atoms with Gasteiger partial charge < -0.3 is 88.3 Å². The van der Waals surface area contributed by atoms with E-state index < -0.39 is 178 Å². The van der Waals surface area contributed by atoms with Gasteiger partial charge in [0.1, 0.15) is 59.8 Å². The highest BCUT2D eigenvalue weighted by atomic mass is 32.2. The normalized spacial score (nSPS) is 16.2. The lowest BCUT2D eigenvalue weighted by Gasteiger charge is -2.35. The minimum atomic E-state index is -4.35. The van der Waals surface area contributed by atoms with E-state index in [4.69, 9.17) is 30.4 Å². The Hall–Kier alpha value is -8.20. The van der Waals surface area contributed by atoms with Crippen LogP contribution in [0.1, 0.15) is 157 Å². The number of alkyl carbamates (subject to hydrolysis) is 1. The number of nitrogens with zero attached hydrogens (tertiary/aromatic N) is 1. The molecule has 1 heterocycles. The van der Waals surface area contributed by atoms with E-state index in [9.17, 15) is 71.7 Å². The first-order valence-electron chi connectivity index (χ1n) is 32.7. The molecule has 2 aromatic carbocycles. The number of carbonyl (C=O) groups excluding carboxylic acids is 10. The predicted octanol–water partition coefficient (Wildman–Crippen LogP) is 0.513. The van der Waals surface area contributed by atoms with E-state index in [-0.39, 0.29) is 49.6 Å². The van der Waals surface area contributed by atoms with Crippen molar-refractivity contribution in [1.29, 1.82) is 0 Å². The number of amides is 9. The molecule has 10 atom stereocenters. The van der Waals surface area contributed by atoms with Crippen molar-refractivity contribution in [2.75, 3.05) is 26.3 Å². The smallest absolute Gasteiger partial charge is 0.408 e. The van der Waals surface area contributed by atoms with Crippen molar-refractivity contribution in [3.8, 4) is 5.75 Å². The minimum absolute atomic E-state index is 0.00754. The summed E-state index contributed by atoms with van der Waals surface area (Å²) in [7, 11) is -4.35. The summed E-state index contributed by atoms with van der Waals surface area (Å²) < 4.78 is 53.3. The maximum absolute atomic E-state index is 14.9. The molecule has 0 saturated carbocycles. The number of benzene rings is 2. The summed E-state index contributed by atoms with van der Waals surface area (Å²) in [4.78, 5) is 141. The number of fused-ring (bicyclic) bond motifs is 1. The quantitative estimate of drug-likeness (QED) is 0.0193. The summed E-state index contributed by atoms with van der Waals surface area (Å²) in [5.41, 5.74) is 12.0. The largest absolute Gasteiger partial charge is 0.487 e. The maximum Gasteiger partial charge on any atom is 0.408 e. The SMILES string of the molecule is CC[C@H](C)[C@H](NC(=O)[C@@H](CCCN=C(N)NS(=O)(=O)c1c(C)c(C)c2c(c1C)CCC(C)(C)O2)NC(=O)[C@H](CC(C)C)NC(=O)[C@@H](NC(=O)OC(C)(C)C)[C@H](O)C(C)C)C(=O)N[C@@H](COC(C)(C)C)C(=O)NCC(=O)N[C@H](C(=O)N[C@@H](CO)C(=O)OCc1ccccc1)[C@H](O)C(N)=O. The number of ether oxygens (including phenoxy) is 4. The second-order valence-corrected chi connectivity index (χ2v) is 29.4. The van der Waals surface area contributed by atoms with Gasteiger partial charge in [0, 0.05) is 6.54 Å². The van der Waals surface area contributed by atoms with Crippen molar-refractivity contribution in [1.82, 2.24) is 47.3 Å². The molecule has 1 aliphatic rings. The molecular formula is C66H106N12O19S. The predicted molar refractivity (Wildman–Crippen MR) is 361 cm³/mol. The van der Waals surface area contributed by atoms with Crippen molar-refractivity contribution >= 4 is 75.3 Å². The summed E-state index contributed by atoms with van der Waals surface area (Å²) in [6.45, 7) is 25.8. The van der Waals surface area contributed by atoms with Crippen LogP contribution >= 0.6 is 0 Å². The van der Waals surface area contributed by atoms with Crippen LogP contribution in [-0.2, 0) is 80.4 Å². The van der Waals surface area contributed by atoms with Crippen LogP contribution in [0.4, 0.5) is 4.79 Å². The first kappa shape index (κ1) is 84.0. The monoisotopic (exact) mass is 1400 g/mol. The highest BCUT2D eigenvalue weighted by Crippen LogP contribution is 2.42. The molecule has 0 bridgehead atoms. The Labute approximate surface area is 574 Å². The Morgan fingerprint density at radius 1 is 0.704 bits per heavy atom. The van der Waals surface area contributed by atoms with Crippen LogP contribution in [0.15, 0.2) is 40.2 Å². The van der Waals surface area contributed by atoms with Crippen LogP contribution in [0.25, 0.3) is 0 Å². The molecule has 0 radical (unpaired) electrons. The lowest BCUT2D eigenvalue weighted by atomic mass is 9.88. The number of nitrogens with one attached hydrogen (secondary N) is 9. The van der Waals surface area contributed by atoms with Gasteiger partial charge in [0.25, 0.3) is 10.0 Å². The van der Waals surface area contributed by atoms with Crippen LogP contribution < -0.4 is 63.5 Å². The summed E-state index contributed by atoms with van der Waals surface area (Å²) >= 11 is 0. The van der Waals surface area contributed by atoms with E-state index in [1.54, 1.807) is 134 Å². The molecule has 0 fully saturated rings. The lowest BCUT2D eigenvalue weighted by molar-refractivity contribution is -0.151. The van der Waals surface area contributed by atoms with Gasteiger partial charge in [-0.15, -0.1) is 0 Å². The van der Waals surface area contributed by atoms with E-state index in [2.05, 4.69) is 52.2 Å². The number of aliphatic imine (C=N–C) groups is 1. The molecule has 1 aliphatic heterocycles. The second kappa shape index (κ2) is 37.1. The molecule has 550 valence electrons. The van der Waals surface area contributed by atoms with E-state index in [0.717, 1.165) is 5.56 Å². The van der Waals surface area contributed by atoms with E-state index >= 15 is 0 Å². The Bertz CT molecular complexity index is 3280. The van der Waals surface area contributed by atoms with Gasteiger partial charge in [-0.05, 0) is 154 Å². The molecule has 32 heteroatoms. The number of carbonyl (C=O) groups is 10. The molecule has 0 aromatic heterocycles. The van der Waals surface area contributed by atoms with E-state index in [1.807, 2.05) is 13.8 Å². The molecule has 3 rings (SSSR count). The zero-order valence-electron chi connectivity index (χ0n) is 59.5. The van der Waals surface area contributed by atoms with Gasteiger partial charge in [-0.1, -0.05) is 78.3 Å². The van der Waals surface area contributed by atoms with Crippen molar-refractivity contribution in [3.63, 3.8) is 0 Å². The van der Waals surface area contributed by atoms with Crippen molar-refractivity contribution < 1.29 is 90.6 Å². The number of primary amides is 1. The average molecular weight is 1400 g/mol. The van der Waals surface area contributed by atoms with Crippen LogP contribution in [0.3, 0.4) is 0 Å². The van der Waals surface area contributed by atoms with Crippen LogP contribution in [0, 0.1) is 38.5 Å². The standard InChI is InChI=1S/C66H106N12O19S/c1-18-36(6)47(58(87)74-45(33-95-64(10,11)12)55(84)70-30-46(80)75-49(51(82)54(67)83)60(89)73-44(31-79)61(90)94-32-40-23-20-19-21-24-40)76-56(85)42(71-57(86)43(29-34(2)3)72-59(88)48(50(81)35(4)5)77-63(91)97-65(13,14)15)25-22-28-69-62(68)78-98(92,93)53-38(8)37(7)52-41(39(53)9)26-27-66(16,17)96-52/h19-21,23-24,34-36,42-45,47-51,79,81-82H,18,22,25-33H2,1-17H3,(H2,67,83)(H,70,84)(H,71,86)(H,72,88)(H,73,89)(H,74,87)(H,75,80)(H,76,85)(H,77,91)(H3,68,69,78)/t36-,42+,43-,44-,45-,47-,48-,49-,50+,51-/m0/s1. The van der Waals surface area contributed by atoms with Gasteiger partial charge in [0.15, 0.2) is 12.1 Å². The fourth-order valence-corrected chi connectivity index (χ4v) is 11.6. The summed E-state index contributed by atoms with van der Waals surface area (Å²) in [6.07, 6.45) is -3.86. The zero-order chi connectivity index (χ0) is 74.5. The molecule has 31 nitrogen and oxygen atoms in total. The number of guanidine groups is 1. The number of rotatable bonds is 35. The first-order valence-corrected chi connectivity index (χ1v) is 34.2. The van der Waals surface area contributed by atoms with E-state index in [1.165, 1.54) is 0 Å². The third-order valence-electron chi connectivity index (χ3n) is 15.8. The minimum Gasteiger partial charge on any atom is -0.487 e. The Balaban J connectivity index is 2.00. The van der Waals surface area contributed by atoms with Gasteiger partial charge in [0.2, 0.25) is 53.2 Å². The molecule has 9 amide bonds. The van der Waals surface area contributed by atoms with Crippen LogP contribution in [-0.4, -0.2) is 187 Å². The highest BCUT2D eigenvalue weighted by Gasteiger charge is 2.40. The lowest BCUT2D eigenvalue weighted by Crippen LogP contribution is -2.62. The fraction of sp³-hybridized carbons (Fsp3) is 0.652. The molecule has 2 aromatic rings. The maximum atomic E-state index is 14.9. The van der Waals surface area contributed by atoms with Crippen molar-refractivity contribution in [3.05, 3.63) is 58.1 Å².